The van der Waals surface area contributed by atoms with Crippen LogP contribution in [0.5, 0.6) is 0 Å². The third kappa shape index (κ3) is 6.59. The van der Waals surface area contributed by atoms with Crippen molar-refractivity contribution >= 4 is 23.4 Å². The zero-order valence-electron chi connectivity index (χ0n) is 17.2. The molecule has 1 fully saturated rings. The standard InChI is InChI=1S/C24H33N3S/c1-3-4-15-24(28-2)27-23-18-20(16-19-11-7-5-8-12-19)17-22(26-23)25-21-13-9-6-10-14-21/h5,7-8,11-12,15,17-18,21H,3-4,6,9-10,13-14,16H2,1-2H3,(H2,25,26,27)/b24-15+. The number of allylic oxidation sites excluding steroid dienone is 1. The van der Waals surface area contributed by atoms with Gasteiger partial charge in [-0.2, -0.15) is 0 Å². The lowest BCUT2D eigenvalue weighted by Gasteiger charge is -2.24. The van der Waals surface area contributed by atoms with Gasteiger partial charge in [-0.1, -0.05) is 69.0 Å². The number of nitrogens with one attached hydrogen (secondary N) is 2. The summed E-state index contributed by atoms with van der Waals surface area (Å²) in [6, 6.07) is 15.6. The molecule has 1 heterocycles. The minimum atomic E-state index is 0.553. The second-order valence-corrected chi connectivity index (χ2v) is 8.42. The third-order valence-electron chi connectivity index (χ3n) is 5.18. The molecule has 1 aromatic heterocycles. The lowest BCUT2D eigenvalue weighted by molar-refractivity contribution is 0.462. The van der Waals surface area contributed by atoms with Crippen LogP contribution in [0.25, 0.3) is 0 Å². The zero-order valence-corrected chi connectivity index (χ0v) is 18.0. The topological polar surface area (TPSA) is 37.0 Å². The number of unbranched alkanes of at least 4 members (excludes halogenated alkanes) is 1. The highest BCUT2D eigenvalue weighted by Crippen LogP contribution is 2.25. The van der Waals surface area contributed by atoms with Crippen LogP contribution >= 0.6 is 11.8 Å². The van der Waals surface area contributed by atoms with Gasteiger partial charge in [-0.25, -0.2) is 4.98 Å². The molecule has 0 amide bonds. The molecule has 0 unspecified atom stereocenters. The highest BCUT2D eigenvalue weighted by atomic mass is 32.2. The van der Waals surface area contributed by atoms with Gasteiger partial charge in [-0.3, -0.25) is 0 Å². The van der Waals surface area contributed by atoms with E-state index in [1.54, 1.807) is 11.8 Å². The Morgan fingerprint density at radius 3 is 2.54 bits per heavy atom. The maximum absolute atomic E-state index is 4.89. The van der Waals surface area contributed by atoms with Gasteiger partial charge in [0.15, 0.2) is 0 Å². The van der Waals surface area contributed by atoms with E-state index in [-0.39, 0.29) is 0 Å². The average molecular weight is 396 g/mol. The van der Waals surface area contributed by atoms with Crippen molar-refractivity contribution in [2.45, 2.75) is 64.3 Å². The molecule has 0 atom stereocenters. The number of anilines is 2. The first-order valence-electron chi connectivity index (χ1n) is 10.6. The first-order valence-corrected chi connectivity index (χ1v) is 11.8. The van der Waals surface area contributed by atoms with Crippen LogP contribution in [-0.2, 0) is 6.42 Å². The molecule has 0 bridgehead atoms. The van der Waals surface area contributed by atoms with Crippen molar-refractivity contribution in [1.29, 1.82) is 0 Å². The highest BCUT2D eigenvalue weighted by Gasteiger charge is 2.14. The molecule has 1 aliphatic carbocycles. The second-order valence-electron chi connectivity index (χ2n) is 7.57. The molecule has 3 nitrogen and oxygen atoms in total. The quantitative estimate of drug-likeness (QED) is 0.488. The van der Waals surface area contributed by atoms with E-state index in [9.17, 15) is 0 Å². The summed E-state index contributed by atoms with van der Waals surface area (Å²) in [5.74, 6) is 1.93. The molecule has 0 spiro atoms. The summed E-state index contributed by atoms with van der Waals surface area (Å²) < 4.78 is 0. The molecule has 2 aromatic rings. The van der Waals surface area contributed by atoms with Gasteiger partial charge in [0.25, 0.3) is 0 Å². The Morgan fingerprint density at radius 2 is 1.82 bits per heavy atom. The Morgan fingerprint density at radius 1 is 1.07 bits per heavy atom. The monoisotopic (exact) mass is 395 g/mol. The van der Waals surface area contributed by atoms with Crippen LogP contribution in [0.1, 0.15) is 63.0 Å². The van der Waals surface area contributed by atoms with E-state index in [0.29, 0.717) is 6.04 Å². The summed E-state index contributed by atoms with van der Waals surface area (Å²) >= 11 is 1.75. The van der Waals surface area contributed by atoms with Crippen molar-refractivity contribution in [1.82, 2.24) is 4.98 Å². The van der Waals surface area contributed by atoms with E-state index < -0.39 is 0 Å². The molecule has 0 radical (unpaired) electrons. The van der Waals surface area contributed by atoms with Crippen LogP contribution < -0.4 is 10.6 Å². The van der Waals surface area contributed by atoms with Gasteiger partial charge in [0, 0.05) is 6.04 Å². The number of rotatable bonds is 9. The van der Waals surface area contributed by atoms with Gasteiger partial charge in [-0.05, 0) is 55.2 Å². The Labute approximate surface area is 174 Å². The Kier molecular flexibility index (Phi) is 8.28. The van der Waals surface area contributed by atoms with Crippen molar-refractivity contribution in [2.24, 2.45) is 0 Å². The number of hydrogen-bond donors (Lipinski definition) is 2. The summed E-state index contributed by atoms with van der Waals surface area (Å²) in [6.07, 6.45) is 14.1. The Balaban J connectivity index is 1.81. The van der Waals surface area contributed by atoms with Crippen LogP contribution in [0.15, 0.2) is 53.6 Å². The van der Waals surface area contributed by atoms with E-state index in [0.717, 1.165) is 30.9 Å². The number of hydrogen-bond acceptors (Lipinski definition) is 4. The minimum absolute atomic E-state index is 0.553. The fourth-order valence-corrected chi connectivity index (χ4v) is 4.19. The second kappa shape index (κ2) is 11.2. The predicted octanol–water partition coefficient (Wildman–Crippen LogP) is 6.83. The van der Waals surface area contributed by atoms with Gasteiger partial charge in [0.1, 0.15) is 11.6 Å². The average Bonchev–Trinajstić information content (AvgIpc) is 2.72. The number of nitrogens with zero attached hydrogens (tertiary/aromatic N) is 1. The molecule has 2 N–H and O–H groups in total. The predicted molar refractivity (Wildman–Crippen MR) is 124 cm³/mol. The molecule has 1 aliphatic rings. The number of benzene rings is 1. The molecule has 28 heavy (non-hydrogen) atoms. The normalized spacial score (nSPS) is 15.4. The van der Waals surface area contributed by atoms with Crippen molar-refractivity contribution in [2.75, 3.05) is 16.9 Å². The number of pyridine rings is 1. The van der Waals surface area contributed by atoms with E-state index in [1.165, 1.54) is 48.3 Å². The number of aromatic nitrogens is 1. The first kappa shape index (κ1) is 20.8. The van der Waals surface area contributed by atoms with Crippen LogP contribution in [0.4, 0.5) is 11.6 Å². The fourth-order valence-electron chi connectivity index (χ4n) is 3.70. The summed E-state index contributed by atoms with van der Waals surface area (Å²) in [4.78, 5) is 4.89. The van der Waals surface area contributed by atoms with Crippen LogP contribution in [0, 0.1) is 0 Å². The molecular formula is C24H33N3S. The van der Waals surface area contributed by atoms with Crippen molar-refractivity contribution in [3.05, 3.63) is 64.7 Å². The highest BCUT2D eigenvalue weighted by molar-refractivity contribution is 8.02. The SMILES string of the molecule is CCC/C=C(\Nc1cc(Cc2ccccc2)cc(NC2CCCCC2)n1)SC. The van der Waals surface area contributed by atoms with Crippen LogP contribution in [-0.4, -0.2) is 17.3 Å². The molecule has 1 saturated carbocycles. The zero-order chi connectivity index (χ0) is 19.6. The smallest absolute Gasteiger partial charge is 0.133 e. The minimum Gasteiger partial charge on any atom is -0.367 e. The summed E-state index contributed by atoms with van der Waals surface area (Å²) in [7, 11) is 0. The fraction of sp³-hybridized carbons (Fsp3) is 0.458. The lowest BCUT2D eigenvalue weighted by atomic mass is 9.95. The molecule has 4 heteroatoms. The molecule has 1 aromatic carbocycles. The Hall–Kier alpha value is -1.94. The lowest BCUT2D eigenvalue weighted by Crippen LogP contribution is -2.23. The van der Waals surface area contributed by atoms with Crippen molar-refractivity contribution < 1.29 is 0 Å². The van der Waals surface area contributed by atoms with Gasteiger partial charge >= 0.3 is 0 Å². The van der Waals surface area contributed by atoms with Crippen LogP contribution in [0.3, 0.4) is 0 Å². The number of thioether (sulfide) groups is 1. The maximum atomic E-state index is 4.89. The molecule has 0 aliphatic heterocycles. The van der Waals surface area contributed by atoms with E-state index in [2.05, 4.69) is 72.4 Å². The van der Waals surface area contributed by atoms with Crippen molar-refractivity contribution in [3.63, 3.8) is 0 Å². The largest absolute Gasteiger partial charge is 0.367 e. The Bertz CT molecular complexity index is 752. The maximum Gasteiger partial charge on any atom is 0.133 e. The molecule has 0 saturated heterocycles. The van der Waals surface area contributed by atoms with Crippen LogP contribution in [0.2, 0.25) is 0 Å². The summed E-state index contributed by atoms with van der Waals surface area (Å²) in [5.41, 5.74) is 2.62. The van der Waals surface area contributed by atoms with Gasteiger partial charge in [-0.15, -0.1) is 11.8 Å². The van der Waals surface area contributed by atoms with Gasteiger partial charge < -0.3 is 10.6 Å². The van der Waals surface area contributed by atoms with E-state index in [4.69, 9.17) is 4.98 Å². The molecule has 3 rings (SSSR count). The molecular weight excluding hydrogens is 362 g/mol. The first-order chi connectivity index (χ1) is 13.8. The summed E-state index contributed by atoms with van der Waals surface area (Å²) in [6.45, 7) is 2.21. The third-order valence-corrected chi connectivity index (χ3v) is 5.89. The van der Waals surface area contributed by atoms with E-state index in [1.807, 2.05) is 0 Å². The summed E-state index contributed by atoms with van der Waals surface area (Å²) in [5, 5.41) is 8.42. The van der Waals surface area contributed by atoms with Gasteiger partial charge in [0.2, 0.25) is 0 Å². The molecule has 150 valence electrons. The van der Waals surface area contributed by atoms with Crippen molar-refractivity contribution in [3.8, 4) is 0 Å². The van der Waals surface area contributed by atoms with E-state index >= 15 is 0 Å². The van der Waals surface area contributed by atoms with Gasteiger partial charge in [0.05, 0.1) is 5.03 Å².